The SMILES string of the molecule is COc1cc2c(cc1Cc1cc(N3CCCC3=O)cc(I)c1F)c(=O)c(C(=O)O)cn2[C@H](CO)C(C)C. The lowest BCUT2D eigenvalue weighted by atomic mass is 9.98. The minimum atomic E-state index is -1.37. The van der Waals surface area contributed by atoms with Gasteiger partial charge in [0.25, 0.3) is 0 Å². The van der Waals surface area contributed by atoms with Gasteiger partial charge in [0.1, 0.15) is 17.1 Å². The Balaban J connectivity index is 1.91. The van der Waals surface area contributed by atoms with Crippen LogP contribution in [0.2, 0.25) is 0 Å². The Morgan fingerprint density at radius 2 is 1.92 bits per heavy atom. The molecule has 0 unspecified atom stereocenters. The number of rotatable bonds is 8. The zero-order chi connectivity index (χ0) is 27.0. The highest BCUT2D eigenvalue weighted by Crippen LogP contribution is 2.33. The van der Waals surface area contributed by atoms with Gasteiger partial charge in [0.2, 0.25) is 11.3 Å². The lowest BCUT2D eigenvalue weighted by Gasteiger charge is -2.25. The molecular formula is C27H28FIN2O6. The number of benzene rings is 2. The van der Waals surface area contributed by atoms with Crippen LogP contribution < -0.4 is 15.1 Å². The molecule has 4 rings (SSSR count). The fourth-order valence-corrected chi connectivity index (χ4v) is 5.50. The summed E-state index contributed by atoms with van der Waals surface area (Å²) in [6.07, 6.45) is 2.50. The third kappa shape index (κ3) is 5.08. The molecule has 8 nitrogen and oxygen atoms in total. The number of aliphatic hydroxyl groups is 1. The molecule has 0 aliphatic carbocycles. The van der Waals surface area contributed by atoms with Gasteiger partial charge < -0.3 is 24.4 Å². The van der Waals surface area contributed by atoms with Crippen molar-refractivity contribution in [2.24, 2.45) is 5.92 Å². The highest BCUT2D eigenvalue weighted by atomic mass is 127. The molecule has 196 valence electrons. The van der Waals surface area contributed by atoms with Crippen molar-refractivity contribution in [3.63, 3.8) is 0 Å². The normalized spacial score (nSPS) is 14.6. The molecule has 1 aliphatic heterocycles. The number of hydrogen-bond acceptors (Lipinski definition) is 5. The average Bonchev–Trinajstić information content (AvgIpc) is 3.28. The molecule has 2 N–H and O–H groups in total. The fourth-order valence-electron chi connectivity index (χ4n) is 4.84. The molecule has 2 aromatic carbocycles. The molecule has 2 heterocycles. The molecule has 10 heteroatoms. The molecule has 1 aliphatic rings. The maximum absolute atomic E-state index is 15.2. The largest absolute Gasteiger partial charge is 0.496 e. The maximum Gasteiger partial charge on any atom is 0.341 e. The Labute approximate surface area is 226 Å². The Hall–Kier alpha value is -2.99. The number of pyridine rings is 1. The van der Waals surface area contributed by atoms with Gasteiger partial charge in [-0.1, -0.05) is 13.8 Å². The highest BCUT2D eigenvalue weighted by Gasteiger charge is 2.25. The van der Waals surface area contributed by atoms with Crippen LogP contribution in [0.5, 0.6) is 5.75 Å². The number of methoxy groups -OCH3 is 1. The number of carboxylic acids is 1. The van der Waals surface area contributed by atoms with Crippen LogP contribution in [-0.4, -0.2) is 46.9 Å². The standard InChI is InChI=1S/C27H28FIN2O6/c1-14(2)22(13-32)31-12-19(27(35)36)26(34)18-9-15(23(37-3)11-21(18)31)7-16-8-17(10-20(29)25(16)28)30-6-4-5-24(30)33/h8-12,14,22,32H,4-7,13H2,1-3H3,(H,35,36)/t22-/m1/s1. The van der Waals surface area contributed by atoms with Gasteiger partial charge in [-0.2, -0.15) is 0 Å². The Morgan fingerprint density at radius 3 is 2.49 bits per heavy atom. The summed E-state index contributed by atoms with van der Waals surface area (Å²) in [5, 5.41) is 19.8. The van der Waals surface area contributed by atoms with Gasteiger partial charge in [-0.3, -0.25) is 9.59 Å². The van der Waals surface area contributed by atoms with E-state index in [9.17, 15) is 24.6 Å². The van der Waals surface area contributed by atoms with Gasteiger partial charge in [-0.25, -0.2) is 9.18 Å². The first-order valence-corrected chi connectivity index (χ1v) is 13.0. The van der Waals surface area contributed by atoms with Crippen LogP contribution in [0.1, 0.15) is 54.2 Å². The lowest BCUT2D eigenvalue weighted by Crippen LogP contribution is -2.25. The van der Waals surface area contributed by atoms with Crippen molar-refractivity contribution in [3.8, 4) is 5.75 Å². The average molecular weight is 622 g/mol. The summed E-state index contributed by atoms with van der Waals surface area (Å²) in [6.45, 7) is 4.09. The summed E-state index contributed by atoms with van der Waals surface area (Å²) in [6, 6.07) is 5.95. The van der Waals surface area contributed by atoms with Gasteiger partial charge >= 0.3 is 5.97 Å². The van der Waals surface area contributed by atoms with Crippen LogP contribution in [0.3, 0.4) is 0 Å². The molecular weight excluding hydrogens is 594 g/mol. The number of carbonyl (C=O) groups excluding carboxylic acids is 1. The molecule has 37 heavy (non-hydrogen) atoms. The summed E-state index contributed by atoms with van der Waals surface area (Å²) < 4.78 is 22.8. The number of aromatic nitrogens is 1. The monoisotopic (exact) mass is 622 g/mol. The Morgan fingerprint density at radius 1 is 1.19 bits per heavy atom. The zero-order valence-electron chi connectivity index (χ0n) is 20.8. The number of aromatic carboxylic acids is 1. The zero-order valence-corrected chi connectivity index (χ0v) is 22.9. The van der Waals surface area contributed by atoms with Crippen LogP contribution in [0.25, 0.3) is 10.9 Å². The number of nitrogens with zero attached hydrogens (tertiary/aromatic N) is 2. The number of halogens is 2. The minimum absolute atomic E-state index is 0.0121. The molecule has 1 saturated heterocycles. The van der Waals surface area contributed by atoms with E-state index in [0.29, 0.717) is 44.6 Å². The van der Waals surface area contributed by atoms with Gasteiger partial charge in [0.05, 0.1) is 28.8 Å². The van der Waals surface area contributed by atoms with E-state index >= 15 is 4.39 Å². The maximum atomic E-state index is 15.2. The number of hydrogen-bond donors (Lipinski definition) is 2. The predicted molar refractivity (Wildman–Crippen MR) is 146 cm³/mol. The first kappa shape index (κ1) is 27.1. The first-order valence-electron chi connectivity index (χ1n) is 12.0. The van der Waals surface area contributed by atoms with Crippen molar-refractivity contribution >= 4 is 51.1 Å². The number of fused-ring (bicyclic) bond motifs is 1. The lowest BCUT2D eigenvalue weighted by molar-refractivity contribution is -0.117. The molecule has 1 fully saturated rings. The van der Waals surface area contributed by atoms with Crippen molar-refractivity contribution in [1.82, 2.24) is 4.57 Å². The van der Waals surface area contributed by atoms with Gasteiger partial charge in [-0.05, 0) is 64.3 Å². The van der Waals surface area contributed by atoms with E-state index < -0.39 is 28.8 Å². The number of aliphatic hydroxyl groups excluding tert-OH is 1. The van der Waals surface area contributed by atoms with Gasteiger partial charge in [0, 0.05) is 42.7 Å². The first-order chi connectivity index (χ1) is 17.6. The van der Waals surface area contributed by atoms with Crippen LogP contribution in [0, 0.1) is 15.3 Å². The molecule has 3 aromatic rings. The number of amides is 1. The van der Waals surface area contributed by atoms with E-state index in [-0.39, 0.29) is 30.2 Å². The second-order valence-electron chi connectivity index (χ2n) is 9.49. The Bertz CT molecular complexity index is 1450. The highest BCUT2D eigenvalue weighted by molar-refractivity contribution is 14.1. The third-order valence-electron chi connectivity index (χ3n) is 6.83. The van der Waals surface area contributed by atoms with Crippen molar-refractivity contribution < 1.29 is 28.9 Å². The molecule has 0 bridgehead atoms. The fraction of sp³-hybridized carbons (Fsp3) is 0.370. The van der Waals surface area contributed by atoms with E-state index in [0.717, 1.165) is 6.42 Å². The van der Waals surface area contributed by atoms with E-state index in [2.05, 4.69) is 0 Å². The number of carboxylic acid groups (broad SMARTS) is 1. The summed E-state index contributed by atoms with van der Waals surface area (Å²) in [5.41, 5.74) is 0.749. The van der Waals surface area contributed by atoms with Crippen LogP contribution >= 0.6 is 22.6 Å². The molecule has 0 spiro atoms. The topological polar surface area (TPSA) is 109 Å². The van der Waals surface area contributed by atoms with Gasteiger partial charge in [0.15, 0.2) is 0 Å². The van der Waals surface area contributed by atoms with Crippen molar-refractivity contribution in [3.05, 3.63) is 66.8 Å². The second-order valence-corrected chi connectivity index (χ2v) is 10.6. The van der Waals surface area contributed by atoms with E-state index in [1.165, 1.54) is 19.4 Å². The summed E-state index contributed by atoms with van der Waals surface area (Å²) in [7, 11) is 1.46. The van der Waals surface area contributed by atoms with Crippen molar-refractivity contribution in [1.29, 1.82) is 0 Å². The van der Waals surface area contributed by atoms with E-state index in [4.69, 9.17) is 4.74 Å². The summed E-state index contributed by atoms with van der Waals surface area (Å²) in [5.74, 6) is -1.49. The Kier molecular flexibility index (Phi) is 7.88. The van der Waals surface area contributed by atoms with E-state index in [1.54, 1.807) is 27.7 Å². The minimum Gasteiger partial charge on any atom is -0.496 e. The number of carbonyl (C=O) groups is 2. The second kappa shape index (κ2) is 10.8. The summed E-state index contributed by atoms with van der Waals surface area (Å²) >= 11 is 1.90. The number of anilines is 1. The van der Waals surface area contributed by atoms with E-state index in [1.807, 2.05) is 36.4 Å². The quantitative estimate of drug-likeness (QED) is 0.362. The third-order valence-corrected chi connectivity index (χ3v) is 7.62. The van der Waals surface area contributed by atoms with Crippen molar-refractivity contribution in [2.45, 2.75) is 39.2 Å². The molecule has 0 saturated carbocycles. The van der Waals surface area contributed by atoms with Crippen LogP contribution in [0.15, 0.2) is 35.3 Å². The van der Waals surface area contributed by atoms with Crippen LogP contribution in [0.4, 0.5) is 10.1 Å². The van der Waals surface area contributed by atoms with Crippen molar-refractivity contribution in [2.75, 3.05) is 25.2 Å². The molecule has 1 atom stereocenters. The predicted octanol–water partition coefficient (Wildman–Crippen LogP) is 4.36. The van der Waals surface area contributed by atoms with Crippen LogP contribution in [-0.2, 0) is 11.2 Å². The molecule has 1 amide bonds. The van der Waals surface area contributed by atoms with Gasteiger partial charge in [-0.15, -0.1) is 0 Å². The number of ether oxygens (including phenoxy) is 1. The smallest absolute Gasteiger partial charge is 0.341 e. The summed E-state index contributed by atoms with van der Waals surface area (Å²) in [4.78, 5) is 39.0. The molecule has 1 aromatic heterocycles. The molecule has 0 radical (unpaired) electrons.